The summed E-state index contributed by atoms with van der Waals surface area (Å²) in [6, 6.07) is 3.00. The SMILES string of the molecule is CNc1cc(S(=O)(=O)N(C)CCCCCO)ccn1. The number of nitrogens with one attached hydrogen (secondary N) is 1. The number of hydrogen-bond donors (Lipinski definition) is 2. The van der Waals surface area contributed by atoms with Crippen molar-refractivity contribution >= 4 is 15.8 Å². The molecule has 0 saturated heterocycles. The van der Waals surface area contributed by atoms with Gasteiger partial charge in [-0.25, -0.2) is 17.7 Å². The maximum Gasteiger partial charge on any atom is 0.243 e. The smallest absolute Gasteiger partial charge is 0.243 e. The number of nitrogens with zero attached hydrogens (tertiary/aromatic N) is 2. The van der Waals surface area contributed by atoms with Gasteiger partial charge in [-0.3, -0.25) is 0 Å². The topological polar surface area (TPSA) is 82.5 Å². The number of unbranched alkanes of at least 4 members (excludes halogenated alkanes) is 2. The molecule has 0 amide bonds. The van der Waals surface area contributed by atoms with Crippen molar-refractivity contribution in [2.24, 2.45) is 0 Å². The van der Waals surface area contributed by atoms with Crippen molar-refractivity contribution in [3.8, 4) is 0 Å². The van der Waals surface area contributed by atoms with E-state index in [0.29, 0.717) is 18.8 Å². The van der Waals surface area contributed by atoms with E-state index in [1.807, 2.05) is 0 Å². The zero-order valence-corrected chi connectivity index (χ0v) is 12.2. The fourth-order valence-corrected chi connectivity index (χ4v) is 2.85. The van der Waals surface area contributed by atoms with Crippen molar-refractivity contribution in [3.05, 3.63) is 18.3 Å². The van der Waals surface area contributed by atoms with Gasteiger partial charge in [0.25, 0.3) is 0 Å². The highest BCUT2D eigenvalue weighted by atomic mass is 32.2. The second-order valence-electron chi connectivity index (χ2n) is 4.24. The van der Waals surface area contributed by atoms with Gasteiger partial charge in [0.15, 0.2) is 0 Å². The largest absolute Gasteiger partial charge is 0.396 e. The third-order valence-corrected chi connectivity index (χ3v) is 4.68. The van der Waals surface area contributed by atoms with Crippen LogP contribution in [0.3, 0.4) is 0 Å². The van der Waals surface area contributed by atoms with E-state index in [9.17, 15) is 8.42 Å². The number of aromatic nitrogens is 1. The van der Waals surface area contributed by atoms with E-state index in [-0.39, 0.29) is 11.5 Å². The average molecular weight is 287 g/mol. The molecule has 0 spiro atoms. The van der Waals surface area contributed by atoms with Crippen LogP contribution in [0.2, 0.25) is 0 Å². The summed E-state index contributed by atoms with van der Waals surface area (Å²) in [6.45, 7) is 0.589. The Balaban J connectivity index is 2.73. The first kappa shape index (κ1) is 15.9. The highest BCUT2D eigenvalue weighted by molar-refractivity contribution is 7.89. The third-order valence-electron chi connectivity index (χ3n) is 2.83. The van der Waals surface area contributed by atoms with Crippen LogP contribution in [0.15, 0.2) is 23.2 Å². The molecule has 1 rings (SSSR count). The Labute approximate surface area is 114 Å². The lowest BCUT2D eigenvalue weighted by molar-refractivity contribution is 0.281. The van der Waals surface area contributed by atoms with Crippen LogP contribution >= 0.6 is 0 Å². The predicted octanol–water partition coefficient (Wildman–Crippen LogP) is 0.906. The molecule has 108 valence electrons. The fourth-order valence-electron chi connectivity index (χ4n) is 1.63. The van der Waals surface area contributed by atoms with Crippen molar-refractivity contribution in [3.63, 3.8) is 0 Å². The standard InChI is InChI=1S/C12H21N3O3S/c1-13-12-10-11(6-7-14-12)19(17,18)15(2)8-4-3-5-9-16/h6-7,10,16H,3-5,8-9H2,1-2H3,(H,13,14). The average Bonchev–Trinajstić information content (AvgIpc) is 2.43. The number of rotatable bonds is 8. The van der Waals surface area contributed by atoms with Crippen molar-refractivity contribution < 1.29 is 13.5 Å². The molecular weight excluding hydrogens is 266 g/mol. The molecule has 0 bridgehead atoms. The maximum atomic E-state index is 12.3. The lowest BCUT2D eigenvalue weighted by Crippen LogP contribution is -2.28. The quantitative estimate of drug-likeness (QED) is 0.694. The summed E-state index contributed by atoms with van der Waals surface area (Å²) in [5.41, 5.74) is 0. The number of sulfonamides is 1. The molecule has 0 atom stereocenters. The van der Waals surface area contributed by atoms with Gasteiger partial charge in [-0.05, 0) is 25.3 Å². The van der Waals surface area contributed by atoms with E-state index in [0.717, 1.165) is 12.8 Å². The number of anilines is 1. The number of hydrogen-bond acceptors (Lipinski definition) is 5. The molecule has 0 saturated carbocycles. The van der Waals surface area contributed by atoms with Gasteiger partial charge >= 0.3 is 0 Å². The second kappa shape index (κ2) is 7.42. The van der Waals surface area contributed by atoms with E-state index < -0.39 is 10.0 Å². The van der Waals surface area contributed by atoms with Crippen LogP contribution in [-0.4, -0.2) is 50.1 Å². The molecule has 1 aromatic heterocycles. The first-order valence-corrected chi connectivity index (χ1v) is 7.67. The second-order valence-corrected chi connectivity index (χ2v) is 6.28. The van der Waals surface area contributed by atoms with Gasteiger partial charge in [-0.2, -0.15) is 0 Å². The summed E-state index contributed by atoms with van der Waals surface area (Å²) in [6.07, 6.45) is 3.72. The van der Waals surface area contributed by atoms with E-state index in [1.165, 1.54) is 22.6 Å². The lowest BCUT2D eigenvalue weighted by Gasteiger charge is -2.17. The summed E-state index contributed by atoms with van der Waals surface area (Å²) in [5, 5.41) is 11.5. The molecule has 1 heterocycles. The zero-order valence-electron chi connectivity index (χ0n) is 11.3. The molecule has 19 heavy (non-hydrogen) atoms. The van der Waals surface area contributed by atoms with Crippen molar-refractivity contribution in [2.75, 3.05) is 32.6 Å². The Morgan fingerprint density at radius 2 is 2.11 bits per heavy atom. The predicted molar refractivity (Wildman–Crippen MR) is 74.5 cm³/mol. The molecule has 1 aromatic rings. The highest BCUT2D eigenvalue weighted by Crippen LogP contribution is 2.17. The van der Waals surface area contributed by atoms with Gasteiger partial charge in [0.2, 0.25) is 10.0 Å². The normalized spacial score (nSPS) is 11.8. The van der Waals surface area contributed by atoms with E-state index >= 15 is 0 Å². The maximum absolute atomic E-state index is 12.3. The van der Waals surface area contributed by atoms with E-state index in [2.05, 4.69) is 10.3 Å². The van der Waals surface area contributed by atoms with Crippen LogP contribution < -0.4 is 5.32 Å². The van der Waals surface area contributed by atoms with Crippen LogP contribution in [0.4, 0.5) is 5.82 Å². The van der Waals surface area contributed by atoms with Crippen LogP contribution in [0.5, 0.6) is 0 Å². The molecule has 0 fully saturated rings. The monoisotopic (exact) mass is 287 g/mol. The van der Waals surface area contributed by atoms with Gasteiger partial charge in [-0.15, -0.1) is 0 Å². The van der Waals surface area contributed by atoms with Gasteiger partial charge in [-0.1, -0.05) is 0 Å². The van der Waals surface area contributed by atoms with Crippen LogP contribution in [0, 0.1) is 0 Å². The molecule has 7 heteroatoms. The molecule has 0 aliphatic heterocycles. The third kappa shape index (κ3) is 4.45. The summed E-state index contributed by atoms with van der Waals surface area (Å²) in [4.78, 5) is 4.23. The molecule has 0 radical (unpaired) electrons. The van der Waals surface area contributed by atoms with Crippen molar-refractivity contribution in [1.29, 1.82) is 0 Å². The van der Waals surface area contributed by atoms with Crippen LogP contribution in [0.25, 0.3) is 0 Å². The molecule has 0 aliphatic carbocycles. The van der Waals surface area contributed by atoms with Crippen molar-refractivity contribution in [1.82, 2.24) is 9.29 Å². The minimum absolute atomic E-state index is 0.145. The fraction of sp³-hybridized carbons (Fsp3) is 0.583. The summed E-state index contributed by atoms with van der Waals surface area (Å²) >= 11 is 0. The van der Waals surface area contributed by atoms with Crippen molar-refractivity contribution in [2.45, 2.75) is 24.2 Å². The minimum Gasteiger partial charge on any atom is -0.396 e. The summed E-state index contributed by atoms with van der Waals surface area (Å²) in [5.74, 6) is 0.523. The summed E-state index contributed by atoms with van der Waals surface area (Å²) < 4.78 is 25.9. The molecule has 0 aliphatic rings. The summed E-state index contributed by atoms with van der Waals surface area (Å²) in [7, 11) is -0.213. The van der Waals surface area contributed by atoms with Gasteiger partial charge < -0.3 is 10.4 Å². The lowest BCUT2D eigenvalue weighted by atomic mass is 10.2. The Kier molecular flexibility index (Phi) is 6.20. The van der Waals surface area contributed by atoms with Gasteiger partial charge in [0, 0.05) is 39.5 Å². The molecule has 0 unspecified atom stereocenters. The number of pyridine rings is 1. The first-order chi connectivity index (χ1) is 9.02. The Morgan fingerprint density at radius 1 is 1.37 bits per heavy atom. The Hall–Kier alpha value is -1.18. The minimum atomic E-state index is -3.47. The van der Waals surface area contributed by atoms with Gasteiger partial charge in [0.05, 0.1) is 4.90 Å². The Bertz CT molecular complexity index is 491. The first-order valence-electron chi connectivity index (χ1n) is 6.23. The molecular formula is C12H21N3O3S. The Morgan fingerprint density at radius 3 is 2.74 bits per heavy atom. The van der Waals surface area contributed by atoms with E-state index in [1.54, 1.807) is 14.1 Å². The zero-order chi connectivity index (χ0) is 14.3. The van der Waals surface area contributed by atoms with Crippen LogP contribution in [-0.2, 0) is 10.0 Å². The number of aliphatic hydroxyl groups excluding tert-OH is 1. The molecule has 6 nitrogen and oxygen atoms in total. The van der Waals surface area contributed by atoms with E-state index in [4.69, 9.17) is 5.11 Å². The molecule has 0 aromatic carbocycles. The highest BCUT2D eigenvalue weighted by Gasteiger charge is 2.20. The number of aliphatic hydroxyl groups is 1. The molecule has 2 N–H and O–H groups in total. The van der Waals surface area contributed by atoms with Gasteiger partial charge in [0.1, 0.15) is 5.82 Å². The van der Waals surface area contributed by atoms with Crippen LogP contribution in [0.1, 0.15) is 19.3 Å².